The van der Waals surface area contributed by atoms with Crippen molar-refractivity contribution in [1.82, 2.24) is 5.32 Å². The van der Waals surface area contributed by atoms with Crippen molar-refractivity contribution in [3.8, 4) is 0 Å². The molecule has 4 heteroatoms. The van der Waals surface area contributed by atoms with E-state index in [4.69, 9.17) is 0 Å². The summed E-state index contributed by atoms with van der Waals surface area (Å²) in [4.78, 5) is 0. The molecule has 3 atom stereocenters. The molecule has 0 spiro atoms. The van der Waals surface area contributed by atoms with E-state index in [2.05, 4.69) is 5.32 Å². The van der Waals surface area contributed by atoms with Gasteiger partial charge in [0.2, 0.25) is 0 Å². The van der Waals surface area contributed by atoms with E-state index in [1.54, 1.807) is 7.05 Å². The number of halogens is 3. The Morgan fingerprint density at radius 3 is 2.47 bits per heavy atom. The topological polar surface area (TPSA) is 12.0 Å². The lowest BCUT2D eigenvalue weighted by atomic mass is 10.0. The van der Waals surface area contributed by atoms with E-state index < -0.39 is 18.6 Å². The zero-order valence-corrected chi connectivity index (χ0v) is 9.67. The van der Waals surface area contributed by atoms with Crippen molar-refractivity contribution >= 4 is 0 Å². The van der Waals surface area contributed by atoms with E-state index in [-0.39, 0.29) is 11.8 Å². The fourth-order valence-electron chi connectivity index (χ4n) is 2.46. The molecule has 0 bridgehead atoms. The van der Waals surface area contributed by atoms with Gasteiger partial charge in [-0.25, -0.2) is 0 Å². The average molecular weight is 243 g/mol. The second-order valence-electron chi connectivity index (χ2n) is 4.63. The maximum absolute atomic E-state index is 12.4. The van der Waals surface area contributed by atoms with Crippen molar-refractivity contribution in [2.45, 2.75) is 31.0 Å². The number of hydrogen-bond donors (Lipinski definition) is 1. The summed E-state index contributed by atoms with van der Waals surface area (Å²) in [5.41, 5.74) is 1.15. The zero-order chi connectivity index (χ0) is 12.5. The molecule has 1 nitrogen and oxygen atoms in total. The van der Waals surface area contributed by atoms with Crippen molar-refractivity contribution in [2.24, 2.45) is 5.92 Å². The van der Waals surface area contributed by atoms with Gasteiger partial charge in [0.05, 0.1) is 6.42 Å². The molecule has 1 fully saturated rings. The van der Waals surface area contributed by atoms with Gasteiger partial charge in [0.1, 0.15) is 0 Å². The quantitative estimate of drug-likeness (QED) is 0.855. The minimum absolute atomic E-state index is 0.115. The van der Waals surface area contributed by atoms with Crippen LogP contribution in [0.4, 0.5) is 13.2 Å². The Morgan fingerprint density at radius 2 is 1.94 bits per heavy atom. The van der Waals surface area contributed by atoms with Crippen molar-refractivity contribution in [3.63, 3.8) is 0 Å². The first-order valence-corrected chi connectivity index (χ1v) is 5.80. The lowest BCUT2D eigenvalue weighted by Crippen LogP contribution is -2.33. The Labute approximate surface area is 99.0 Å². The van der Waals surface area contributed by atoms with Crippen LogP contribution < -0.4 is 5.32 Å². The van der Waals surface area contributed by atoms with Crippen LogP contribution in [0.2, 0.25) is 0 Å². The fraction of sp³-hybridized carbons (Fsp3) is 0.538. The first-order valence-electron chi connectivity index (χ1n) is 5.80. The highest BCUT2D eigenvalue weighted by molar-refractivity contribution is 5.26. The van der Waals surface area contributed by atoms with Crippen LogP contribution in [0.25, 0.3) is 0 Å². The van der Waals surface area contributed by atoms with Crippen molar-refractivity contribution < 1.29 is 13.2 Å². The maximum atomic E-state index is 12.4. The van der Waals surface area contributed by atoms with E-state index in [0.717, 1.165) is 12.0 Å². The van der Waals surface area contributed by atoms with Crippen molar-refractivity contribution in [2.75, 3.05) is 7.05 Å². The van der Waals surface area contributed by atoms with Crippen LogP contribution in [0.3, 0.4) is 0 Å². The molecule has 0 saturated heterocycles. The second kappa shape index (κ2) is 4.69. The Morgan fingerprint density at radius 1 is 1.29 bits per heavy atom. The van der Waals surface area contributed by atoms with Gasteiger partial charge in [-0.05, 0) is 30.9 Å². The van der Waals surface area contributed by atoms with Crippen LogP contribution in [0.1, 0.15) is 24.3 Å². The summed E-state index contributed by atoms with van der Waals surface area (Å²) in [5.74, 6) is 0.403. The third kappa shape index (κ3) is 3.22. The summed E-state index contributed by atoms with van der Waals surface area (Å²) in [7, 11) is 1.61. The van der Waals surface area contributed by atoms with Crippen LogP contribution >= 0.6 is 0 Å². The highest BCUT2D eigenvalue weighted by atomic mass is 19.4. The van der Waals surface area contributed by atoms with Gasteiger partial charge >= 0.3 is 6.18 Å². The minimum Gasteiger partial charge on any atom is -0.316 e. The standard InChI is InChI=1S/C13H16F3N/c1-17-12(8-13(14,15)16)11-7-10(11)9-5-3-2-4-6-9/h2-6,10-12,17H,7-8H2,1H3. The molecule has 1 N–H and O–H groups in total. The second-order valence-corrected chi connectivity index (χ2v) is 4.63. The average Bonchev–Trinajstić information content (AvgIpc) is 3.06. The normalized spacial score (nSPS) is 25.6. The van der Waals surface area contributed by atoms with Gasteiger partial charge in [-0.3, -0.25) is 0 Å². The summed E-state index contributed by atoms with van der Waals surface area (Å²) in [5, 5.41) is 2.80. The highest BCUT2D eigenvalue weighted by Gasteiger charge is 2.46. The van der Waals surface area contributed by atoms with Gasteiger partial charge in [-0.1, -0.05) is 30.3 Å². The van der Waals surface area contributed by atoms with E-state index in [1.807, 2.05) is 30.3 Å². The van der Waals surface area contributed by atoms with Gasteiger partial charge in [0.15, 0.2) is 0 Å². The fourth-order valence-corrected chi connectivity index (χ4v) is 2.46. The summed E-state index contributed by atoms with van der Waals surface area (Å²) in [6, 6.07) is 9.31. The molecule has 1 aliphatic carbocycles. The lowest BCUT2D eigenvalue weighted by Gasteiger charge is -2.18. The van der Waals surface area contributed by atoms with Crippen LogP contribution in [0.15, 0.2) is 30.3 Å². The Kier molecular flexibility index (Phi) is 3.43. The number of alkyl halides is 3. The molecule has 1 aliphatic rings. The minimum atomic E-state index is -4.09. The molecular formula is C13H16F3N. The van der Waals surface area contributed by atoms with Crippen LogP contribution in [0, 0.1) is 5.92 Å². The molecule has 2 rings (SSSR count). The van der Waals surface area contributed by atoms with Crippen LogP contribution in [-0.2, 0) is 0 Å². The third-order valence-corrected chi connectivity index (χ3v) is 3.41. The molecule has 0 radical (unpaired) electrons. The van der Waals surface area contributed by atoms with E-state index in [1.165, 1.54) is 0 Å². The summed E-state index contributed by atoms with van der Waals surface area (Å²) < 4.78 is 37.1. The molecule has 17 heavy (non-hydrogen) atoms. The lowest BCUT2D eigenvalue weighted by molar-refractivity contribution is -0.140. The molecule has 0 amide bonds. The smallest absolute Gasteiger partial charge is 0.316 e. The molecular weight excluding hydrogens is 227 g/mol. The third-order valence-electron chi connectivity index (χ3n) is 3.41. The van der Waals surface area contributed by atoms with Gasteiger partial charge in [0, 0.05) is 6.04 Å². The largest absolute Gasteiger partial charge is 0.390 e. The molecule has 0 aromatic heterocycles. The van der Waals surface area contributed by atoms with E-state index in [0.29, 0.717) is 0 Å². The van der Waals surface area contributed by atoms with Gasteiger partial charge in [-0.15, -0.1) is 0 Å². The predicted octanol–water partition coefficient (Wildman–Crippen LogP) is 3.33. The Balaban J connectivity index is 1.97. The summed E-state index contributed by atoms with van der Waals surface area (Å²) in [6.07, 6.45) is -3.97. The molecule has 1 saturated carbocycles. The first kappa shape index (κ1) is 12.4. The zero-order valence-electron chi connectivity index (χ0n) is 9.67. The first-order chi connectivity index (χ1) is 8.01. The number of benzene rings is 1. The highest BCUT2D eigenvalue weighted by Crippen LogP contribution is 2.51. The Hall–Kier alpha value is -1.03. The summed E-state index contributed by atoms with van der Waals surface area (Å²) in [6.45, 7) is 0. The summed E-state index contributed by atoms with van der Waals surface area (Å²) >= 11 is 0. The van der Waals surface area contributed by atoms with Crippen molar-refractivity contribution in [1.29, 1.82) is 0 Å². The van der Waals surface area contributed by atoms with Crippen LogP contribution in [0.5, 0.6) is 0 Å². The molecule has 3 unspecified atom stereocenters. The van der Waals surface area contributed by atoms with E-state index >= 15 is 0 Å². The van der Waals surface area contributed by atoms with Crippen LogP contribution in [-0.4, -0.2) is 19.3 Å². The number of nitrogens with one attached hydrogen (secondary N) is 1. The SMILES string of the molecule is CNC(CC(F)(F)F)C1CC1c1ccccc1. The Bertz CT molecular complexity index is 361. The molecule has 1 aromatic carbocycles. The maximum Gasteiger partial charge on any atom is 0.390 e. The molecule has 1 aromatic rings. The number of rotatable bonds is 4. The molecule has 0 aliphatic heterocycles. The monoisotopic (exact) mass is 243 g/mol. The van der Waals surface area contributed by atoms with Crippen molar-refractivity contribution in [3.05, 3.63) is 35.9 Å². The molecule has 94 valence electrons. The predicted molar refractivity (Wildman–Crippen MR) is 60.8 cm³/mol. The molecule has 0 heterocycles. The van der Waals surface area contributed by atoms with E-state index in [9.17, 15) is 13.2 Å². The van der Waals surface area contributed by atoms with Gasteiger partial charge in [-0.2, -0.15) is 13.2 Å². The van der Waals surface area contributed by atoms with Gasteiger partial charge in [0.25, 0.3) is 0 Å². The van der Waals surface area contributed by atoms with Gasteiger partial charge < -0.3 is 5.32 Å². The number of hydrogen-bond acceptors (Lipinski definition) is 1.